The largest absolute Gasteiger partial charge is 0.788 e. The van der Waals surface area contributed by atoms with Gasteiger partial charge in [-0.3, -0.25) is 0 Å². The Bertz CT molecular complexity index is 894. The van der Waals surface area contributed by atoms with Crippen LogP contribution in [0.15, 0.2) is 72.8 Å². The van der Waals surface area contributed by atoms with Gasteiger partial charge in [0.2, 0.25) is 0 Å². The van der Waals surface area contributed by atoms with Crippen LogP contribution in [-0.4, -0.2) is 20.5 Å². The lowest BCUT2D eigenvalue weighted by Gasteiger charge is -2.16. The van der Waals surface area contributed by atoms with Crippen molar-refractivity contribution >= 4 is 30.5 Å². The molecule has 0 aliphatic carbocycles. The van der Waals surface area contributed by atoms with Gasteiger partial charge in [-0.05, 0) is 60.2 Å². The van der Waals surface area contributed by atoms with Crippen LogP contribution < -0.4 is 19.8 Å². The predicted molar refractivity (Wildman–Crippen MR) is 116 cm³/mol. The second-order valence-corrected chi connectivity index (χ2v) is 6.90. The van der Waals surface area contributed by atoms with Gasteiger partial charge in [-0.1, -0.05) is 41.4 Å². The monoisotopic (exact) mass is 431 g/mol. The molecule has 0 bridgehead atoms. The normalized spacial score (nSPS) is 10.4. The fourth-order valence-electron chi connectivity index (χ4n) is 2.38. The van der Waals surface area contributed by atoms with E-state index in [9.17, 15) is 0 Å². The van der Waals surface area contributed by atoms with Crippen LogP contribution in [0.4, 0.5) is 0 Å². The van der Waals surface area contributed by atoms with E-state index in [0.717, 1.165) is 5.56 Å². The highest BCUT2D eigenvalue weighted by Crippen LogP contribution is 2.21. The third-order valence-corrected chi connectivity index (χ3v) is 4.26. The van der Waals surface area contributed by atoms with Crippen LogP contribution in [0.1, 0.15) is 5.56 Å². The Labute approximate surface area is 180 Å². The first-order valence-corrected chi connectivity index (χ1v) is 9.76. The molecule has 0 unspecified atom stereocenters. The summed E-state index contributed by atoms with van der Waals surface area (Å²) in [6.45, 7) is 1.06. The first kappa shape index (κ1) is 21.3. The van der Waals surface area contributed by atoms with E-state index in [1.165, 1.54) is 0 Å². The molecule has 0 aliphatic heterocycles. The van der Waals surface area contributed by atoms with E-state index in [1.807, 2.05) is 36.4 Å². The molecule has 0 aliphatic rings. The number of ether oxygens (including phenoxy) is 1. The second kappa shape index (κ2) is 11.0. The standard InChI is InChI=1S/C21H20BCl2NO4/c23-17-6-10-20(11-7-17)29-22(27-13-12-25)28-19-8-4-16(5-9-19)15-26-21-3-1-2-18(24)14-21/h1-11,14H,12-13,15,25H2. The van der Waals surface area contributed by atoms with E-state index >= 15 is 0 Å². The summed E-state index contributed by atoms with van der Waals surface area (Å²) in [5, 5.41) is 1.25. The van der Waals surface area contributed by atoms with E-state index < -0.39 is 7.32 Å². The third-order valence-electron chi connectivity index (χ3n) is 3.77. The number of rotatable bonds is 10. The summed E-state index contributed by atoms with van der Waals surface area (Å²) >= 11 is 11.9. The van der Waals surface area contributed by atoms with Crippen LogP contribution in [-0.2, 0) is 11.3 Å². The summed E-state index contributed by atoms with van der Waals surface area (Å²) in [6, 6.07) is 21.7. The predicted octanol–water partition coefficient (Wildman–Crippen LogP) is 4.99. The quantitative estimate of drug-likeness (QED) is 0.458. The number of nitrogens with two attached hydrogens (primary N) is 1. The van der Waals surface area contributed by atoms with Crippen molar-refractivity contribution in [2.75, 3.05) is 13.2 Å². The molecule has 5 nitrogen and oxygen atoms in total. The van der Waals surface area contributed by atoms with Gasteiger partial charge in [-0.2, -0.15) is 0 Å². The highest BCUT2D eigenvalue weighted by molar-refractivity contribution is 6.38. The van der Waals surface area contributed by atoms with Crippen molar-refractivity contribution in [2.24, 2.45) is 5.73 Å². The van der Waals surface area contributed by atoms with Crippen molar-refractivity contribution in [3.63, 3.8) is 0 Å². The maximum atomic E-state index is 5.96. The lowest BCUT2D eigenvalue weighted by atomic mass is 10.2. The number of hydrogen-bond donors (Lipinski definition) is 1. The molecule has 150 valence electrons. The highest BCUT2D eigenvalue weighted by Gasteiger charge is 2.26. The molecule has 2 N–H and O–H groups in total. The van der Waals surface area contributed by atoms with Crippen LogP contribution in [0.3, 0.4) is 0 Å². The second-order valence-electron chi connectivity index (χ2n) is 6.03. The summed E-state index contributed by atoms with van der Waals surface area (Å²) in [5.74, 6) is 1.87. The summed E-state index contributed by atoms with van der Waals surface area (Å²) in [7, 11) is -0.937. The maximum Gasteiger partial charge on any atom is 0.788 e. The Kier molecular flexibility index (Phi) is 8.08. The molecule has 0 spiro atoms. The van der Waals surface area contributed by atoms with Gasteiger partial charge in [-0.25, -0.2) is 0 Å². The van der Waals surface area contributed by atoms with Crippen molar-refractivity contribution in [3.05, 3.63) is 88.4 Å². The minimum Gasteiger partial charge on any atom is -0.501 e. The van der Waals surface area contributed by atoms with Crippen LogP contribution in [0.25, 0.3) is 0 Å². The molecule has 3 aromatic rings. The Morgan fingerprint density at radius 3 is 2.03 bits per heavy atom. The fraction of sp³-hybridized carbons (Fsp3) is 0.143. The van der Waals surface area contributed by atoms with Crippen LogP contribution in [0, 0.1) is 0 Å². The summed E-state index contributed by atoms with van der Waals surface area (Å²) in [4.78, 5) is 0. The Morgan fingerprint density at radius 1 is 0.759 bits per heavy atom. The average Bonchev–Trinajstić information content (AvgIpc) is 2.73. The van der Waals surface area contributed by atoms with Gasteiger partial charge in [-0.15, -0.1) is 0 Å². The smallest absolute Gasteiger partial charge is 0.501 e. The van der Waals surface area contributed by atoms with Crippen molar-refractivity contribution in [3.8, 4) is 17.2 Å². The SMILES string of the molecule is NCCOB(Oc1ccc(Cl)cc1)Oc1ccc(COc2cccc(Cl)c2)cc1. The van der Waals surface area contributed by atoms with Gasteiger partial charge >= 0.3 is 7.32 Å². The van der Waals surface area contributed by atoms with Gasteiger partial charge in [0.25, 0.3) is 0 Å². The molecule has 0 radical (unpaired) electrons. The topological polar surface area (TPSA) is 62.9 Å². The highest BCUT2D eigenvalue weighted by atomic mass is 35.5. The zero-order valence-electron chi connectivity index (χ0n) is 15.6. The first-order valence-electron chi connectivity index (χ1n) is 9.00. The average molecular weight is 432 g/mol. The summed E-state index contributed by atoms with van der Waals surface area (Å²) in [6.07, 6.45) is 0. The zero-order valence-corrected chi connectivity index (χ0v) is 17.1. The molecule has 29 heavy (non-hydrogen) atoms. The van der Waals surface area contributed by atoms with Gasteiger partial charge in [0.15, 0.2) is 0 Å². The molecule has 3 aromatic carbocycles. The molecule has 0 heterocycles. The van der Waals surface area contributed by atoms with Gasteiger partial charge in [0.05, 0.1) is 0 Å². The van der Waals surface area contributed by atoms with Crippen molar-refractivity contribution in [2.45, 2.75) is 6.61 Å². The van der Waals surface area contributed by atoms with E-state index in [-0.39, 0.29) is 0 Å². The van der Waals surface area contributed by atoms with Gasteiger partial charge in [0.1, 0.15) is 23.9 Å². The maximum absolute atomic E-state index is 5.96. The molecule has 8 heteroatoms. The van der Waals surface area contributed by atoms with E-state index in [1.54, 1.807) is 36.4 Å². The first-order chi connectivity index (χ1) is 14.1. The molecule has 0 amide bonds. The fourth-order valence-corrected chi connectivity index (χ4v) is 2.69. The minimum absolute atomic E-state index is 0.295. The van der Waals surface area contributed by atoms with Crippen molar-refractivity contribution in [1.82, 2.24) is 0 Å². The Hall–Kier alpha value is -2.38. The van der Waals surface area contributed by atoms with Crippen LogP contribution >= 0.6 is 23.2 Å². The number of benzene rings is 3. The minimum atomic E-state index is -0.937. The number of hydrogen-bond acceptors (Lipinski definition) is 5. The molecule has 3 rings (SSSR count). The van der Waals surface area contributed by atoms with E-state index in [4.69, 9.17) is 47.6 Å². The molecule has 0 saturated carbocycles. The molecule has 0 atom stereocenters. The van der Waals surface area contributed by atoms with Crippen LogP contribution in [0.2, 0.25) is 10.0 Å². The Morgan fingerprint density at radius 2 is 1.41 bits per heavy atom. The van der Waals surface area contributed by atoms with E-state index in [2.05, 4.69) is 0 Å². The van der Waals surface area contributed by atoms with Crippen molar-refractivity contribution < 1.29 is 18.7 Å². The lowest BCUT2D eigenvalue weighted by molar-refractivity contribution is 0.206. The molecule has 0 saturated heterocycles. The summed E-state index contributed by atoms with van der Waals surface area (Å²) < 4.78 is 22.8. The zero-order chi connectivity index (χ0) is 20.5. The molecule has 0 fully saturated rings. The van der Waals surface area contributed by atoms with Crippen LogP contribution in [0.5, 0.6) is 17.2 Å². The molecule has 0 aromatic heterocycles. The lowest BCUT2D eigenvalue weighted by Crippen LogP contribution is -2.35. The number of halogens is 2. The molecular weight excluding hydrogens is 412 g/mol. The molecular formula is C21H20BCl2NO4. The van der Waals surface area contributed by atoms with Gasteiger partial charge in [0, 0.05) is 23.2 Å². The Balaban J connectivity index is 1.58. The summed E-state index contributed by atoms with van der Waals surface area (Å²) in [5.41, 5.74) is 6.50. The van der Waals surface area contributed by atoms with Gasteiger partial charge < -0.3 is 24.4 Å². The van der Waals surface area contributed by atoms with Crippen molar-refractivity contribution in [1.29, 1.82) is 0 Å². The third kappa shape index (κ3) is 7.18. The van der Waals surface area contributed by atoms with E-state index in [0.29, 0.717) is 47.1 Å².